The van der Waals surface area contributed by atoms with E-state index in [9.17, 15) is 0 Å². The van der Waals surface area contributed by atoms with Crippen LogP contribution < -0.4 is 0 Å². The minimum Gasteiger partial charge on any atom is -0.496 e. The number of hydrogen-bond acceptors (Lipinski definition) is 1. The standard InChI is InChI=1S/C12H16O/c1-10(2)9-12(13-3)11-7-5-4-6-8-11/h5,7-9H,1,4,6H2,2-3H3/b12-9-. The van der Waals surface area contributed by atoms with Crippen LogP contribution in [0.2, 0.25) is 0 Å². The lowest BCUT2D eigenvalue weighted by Crippen LogP contribution is -1.93. The van der Waals surface area contributed by atoms with Gasteiger partial charge in [-0.2, -0.15) is 0 Å². The minimum absolute atomic E-state index is 0.906. The summed E-state index contributed by atoms with van der Waals surface area (Å²) in [6.45, 7) is 5.79. The van der Waals surface area contributed by atoms with E-state index in [-0.39, 0.29) is 0 Å². The van der Waals surface area contributed by atoms with Gasteiger partial charge in [-0.1, -0.05) is 30.4 Å². The van der Waals surface area contributed by atoms with Crippen LogP contribution in [0, 0.1) is 0 Å². The van der Waals surface area contributed by atoms with Crippen molar-refractivity contribution in [2.45, 2.75) is 19.8 Å². The lowest BCUT2D eigenvalue weighted by atomic mass is 10.0. The average molecular weight is 176 g/mol. The summed E-state index contributed by atoms with van der Waals surface area (Å²) in [7, 11) is 1.69. The summed E-state index contributed by atoms with van der Waals surface area (Å²) in [5.74, 6) is 0.906. The van der Waals surface area contributed by atoms with Gasteiger partial charge >= 0.3 is 0 Å². The Bertz CT molecular complexity index is 279. The lowest BCUT2D eigenvalue weighted by molar-refractivity contribution is 0.302. The van der Waals surface area contributed by atoms with E-state index in [2.05, 4.69) is 24.8 Å². The summed E-state index contributed by atoms with van der Waals surface area (Å²) < 4.78 is 5.28. The molecule has 0 spiro atoms. The zero-order chi connectivity index (χ0) is 9.68. The molecule has 0 amide bonds. The first-order valence-electron chi connectivity index (χ1n) is 4.52. The van der Waals surface area contributed by atoms with Crippen molar-refractivity contribution in [1.82, 2.24) is 0 Å². The van der Waals surface area contributed by atoms with Gasteiger partial charge in [0, 0.05) is 5.57 Å². The zero-order valence-electron chi connectivity index (χ0n) is 8.34. The number of ether oxygens (including phenoxy) is 1. The molecule has 0 aromatic rings. The van der Waals surface area contributed by atoms with E-state index >= 15 is 0 Å². The van der Waals surface area contributed by atoms with Gasteiger partial charge in [-0.25, -0.2) is 0 Å². The Labute approximate surface area is 80.1 Å². The normalized spacial score (nSPS) is 16.8. The van der Waals surface area contributed by atoms with Gasteiger partial charge in [0.25, 0.3) is 0 Å². The molecule has 0 heterocycles. The molecule has 1 rings (SSSR count). The van der Waals surface area contributed by atoms with E-state index in [4.69, 9.17) is 4.74 Å². The second-order valence-electron chi connectivity index (χ2n) is 3.20. The van der Waals surface area contributed by atoms with Crippen LogP contribution in [0.1, 0.15) is 19.8 Å². The molecule has 0 bridgehead atoms. The average Bonchev–Trinajstić information content (AvgIpc) is 2.15. The predicted molar refractivity (Wildman–Crippen MR) is 56.4 cm³/mol. The van der Waals surface area contributed by atoms with Gasteiger partial charge in [0.15, 0.2) is 0 Å². The van der Waals surface area contributed by atoms with E-state index in [0.29, 0.717) is 0 Å². The Hall–Kier alpha value is -1.24. The summed E-state index contributed by atoms with van der Waals surface area (Å²) in [5, 5.41) is 0. The van der Waals surface area contributed by atoms with Crippen molar-refractivity contribution in [2.24, 2.45) is 0 Å². The second-order valence-corrected chi connectivity index (χ2v) is 3.20. The first kappa shape index (κ1) is 9.85. The summed E-state index contributed by atoms with van der Waals surface area (Å²) in [6, 6.07) is 0. The summed E-state index contributed by atoms with van der Waals surface area (Å²) in [4.78, 5) is 0. The molecular weight excluding hydrogens is 160 g/mol. The van der Waals surface area contributed by atoms with E-state index in [1.54, 1.807) is 7.11 Å². The molecule has 0 aromatic heterocycles. The van der Waals surface area contributed by atoms with Gasteiger partial charge in [0.1, 0.15) is 5.76 Å². The summed E-state index contributed by atoms with van der Waals surface area (Å²) >= 11 is 0. The molecule has 0 saturated heterocycles. The molecule has 0 aromatic carbocycles. The third kappa shape index (κ3) is 2.94. The third-order valence-electron chi connectivity index (χ3n) is 1.88. The Morgan fingerprint density at radius 3 is 2.77 bits per heavy atom. The number of rotatable bonds is 3. The van der Waals surface area contributed by atoms with Gasteiger partial charge in [0.2, 0.25) is 0 Å². The lowest BCUT2D eigenvalue weighted by Gasteiger charge is -2.10. The van der Waals surface area contributed by atoms with Gasteiger partial charge in [-0.15, -0.1) is 0 Å². The largest absolute Gasteiger partial charge is 0.496 e. The zero-order valence-corrected chi connectivity index (χ0v) is 8.34. The van der Waals surface area contributed by atoms with Crippen molar-refractivity contribution >= 4 is 0 Å². The fourth-order valence-corrected chi connectivity index (χ4v) is 1.28. The fourth-order valence-electron chi connectivity index (χ4n) is 1.28. The highest BCUT2D eigenvalue weighted by Crippen LogP contribution is 2.19. The molecule has 0 unspecified atom stereocenters. The van der Waals surface area contributed by atoms with Crippen LogP contribution in [0.4, 0.5) is 0 Å². The number of allylic oxidation sites excluding steroid dienone is 5. The van der Waals surface area contributed by atoms with E-state index in [0.717, 1.165) is 29.7 Å². The highest BCUT2D eigenvalue weighted by atomic mass is 16.5. The summed E-state index contributed by atoms with van der Waals surface area (Å²) in [6.07, 6.45) is 10.7. The van der Waals surface area contributed by atoms with E-state index in [1.807, 2.05) is 13.0 Å². The summed E-state index contributed by atoms with van der Waals surface area (Å²) in [5.41, 5.74) is 2.17. The third-order valence-corrected chi connectivity index (χ3v) is 1.88. The molecule has 70 valence electrons. The van der Waals surface area contributed by atoms with Crippen LogP contribution in [0.5, 0.6) is 0 Å². The molecule has 0 fully saturated rings. The Balaban J connectivity index is 2.83. The Kier molecular flexibility index (Phi) is 3.56. The van der Waals surface area contributed by atoms with Crippen LogP contribution in [0.15, 0.2) is 47.8 Å². The number of methoxy groups -OCH3 is 1. The van der Waals surface area contributed by atoms with Crippen LogP contribution in [-0.2, 0) is 4.74 Å². The van der Waals surface area contributed by atoms with E-state index < -0.39 is 0 Å². The monoisotopic (exact) mass is 176 g/mol. The molecular formula is C12H16O. The fraction of sp³-hybridized carbons (Fsp3) is 0.333. The minimum atomic E-state index is 0.906. The van der Waals surface area contributed by atoms with Crippen LogP contribution in [-0.4, -0.2) is 7.11 Å². The molecule has 1 nitrogen and oxygen atoms in total. The topological polar surface area (TPSA) is 9.23 Å². The molecule has 0 saturated carbocycles. The molecule has 0 radical (unpaired) electrons. The van der Waals surface area contributed by atoms with Crippen molar-refractivity contribution in [3.63, 3.8) is 0 Å². The quantitative estimate of drug-likeness (QED) is 0.473. The maximum atomic E-state index is 5.28. The van der Waals surface area contributed by atoms with Crippen LogP contribution in [0.3, 0.4) is 0 Å². The van der Waals surface area contributed by atoms with E-state index in [1.165, 1.54) is 0 Å². The van der Waals surface area contributed by atoms with Crippen LogP contribution in [0.25, 0.3) is 0 Å². The van der Waals surface area contributed by atoms with Crippen molar-refractivity contribution in [3.8, 4) is 0 Å². The molecule has 1 heteroatoms. The molecule has 0 atom stereocenters. The first-order valence-corrected chi connectivity index (χ1v) is 4.52. The maximum absolute atomic E-state index is 5.28. The molecule has 13 heavy (non-hydrogen) atoms. The van der Waals surface area contributed by atoms with Crippen molar-refractivity contribution in [3.05, 3.63) is 47.8 Å². The first-order chi connectivity index (χ1) is 6.24. The predicted octanol–water partition coefficient (Wildman–Crippen LogP) is 3.37. The maximum Gasteiger partial charge on any atom is 0.125 e. The highest BCUT2D eigenvalue weighted by molar-refractivity contribution is 5.40. The molecule has 1 aliphatic carbocycles. The van der Waals surface area contributed by atoms with Gasteiger partial charge < -0.3 is 4.74 Å². The van der Waals surface area contributed by atoms with Gasteiger partial charge in [-0.3, -0.25) is 0 Å². The van der Waals surface area contributed by atoms with Gasteiger partial charge in [0.05, 0.1) is 7.11 Å². The highest BCUT2D eigenvalue weighted by Gasteiger charge is 2.03. The molecule has 0 aliphatic heterocycles. The van der Waals surface area contributed by atoms with Crippen molar-refractivity contribution < 1.29 is 4.74 Å². The Morgan fingerprint density at radius 1 is 1.54 bits per heavy atom. The van der Waals surface area contributed by atoms with Crippen molar-refractivity contribution in [1.29, 1.82) is 0 Å². The smallest absolute Gasteiger partial charge is 0.125 e. The number of hydrogen-bond donors (Lipinski definition) is 0. The molecule has 0 N–H and O–H groups in total. The molecule has 1 aliphatic rings. The second kappa shape index (κ2) is 4.70. The van der Waals surface area contributed by atoms with Gasteiger partial charge in [-0.05, 0) is 25.8 Å². The Morgan fingerprint density at radius 2 is 2.31 bits per heavy atom. The van der Waals surface area contributed by atoms with Crippen molar-refractivity contribution in [2.75, 3.05) is 7.11 Å². The van der Waals surface area contributed by atoms with Crippen LogP contribution >= 0.6 is 0 Å². The SMILES string of the molecule is C=C(C)/C=C(\OC)C1=CCCC=C1.